The molecule has 2 rings (SSSR count). The zero-order valence-electron chi connectivity index (χ0n) is 10.2. The van der Waals surface area contributed by atoms with Gasteiger partial charge in [0.05, 0.1) is 10.0 Å². The number of esters is 1. The number of rotatable bonds is 3. The number of ether oxygens (including phenoxy) is 1. The number of hydrogen-bond donors (Lipinski definition) is 1. The molecule has 0 aliphatic rings. The minimum absolute atomic E-state index is 0.147. The molecule has 6 heteroatoms. The highest BCUT2D eigenvalue weighted by molar-refractivity contribution is 9.11. The summed E-state index contributed by atoms with van der Waals surface area (Å²) in [5.74, 6) is -0.990. The zero-order chi connectivity index (χ0) is 14.7. The summed E-state index contributed by atoms with van der Waals surface area (Å²) in [6.45, 7) is -0.147. The second kappa shape index (κ2) is 6.37. The maximum absolute atomic E-state index is 13.5. The Morgan fingerprint density at radius 3 is 2.75 bits per heavy atom. The molecule has 2 N–H and O–H groups in total. The Hall–Kier alpha value is -1.40. The number of anilines is 1. The molecule has 0 amide bonds. The van der Waals surface area contributed by atoms with E-state index in [0.717, 1.165) is 4.47 Å². The number of benzene rings is 2. The molecule has 0 atom stereocenters. The van der Waals surface area contributed by atoms with Crippen LogP contribution < -0.4 is 5.73 Å². The number of carbonyl (C=O) groups is 1. The summed E-state index contributed by atoms with van der Waals surface area (Å²) in [6.07, 6.45) is 0. The lowest BCUT2D eigenvalue weighted by Gasteiger charge is -2.08. The third-order valence-electron chi connectivity index (χ3n) is 2.62. The molecule has 0 spiro atoms. The number of nitrogens with two attached hydrogens (primary N) is 1. The first-order valence-corrected chi connectivity index (χ1v) is 7.22. The topological polar surface area (TPSA) is 52.3 Å². The van der Waals surface area contributed by atoms with Crippen molar-refractivity contribution >= 4 is 43.5 Å². The molecule has 2 aromatic carbocycles. The smallest absolute Gasteiger partial charge is 0.339 e. The van der Waals surface area contributed by atoms with Gasteiger partial charge < -0.3 is 10.5 Å². The normalized spacial score (nSPS) is 10.3. The molecule has 0 aliphatic heterocycles. The second-order valence-corrected chi connectivity index (χ2v) is 5.73. The lowest BCUT2D eigenvalue weighted by molar-refractivity contribution is 0.0468. The van der Waals surface area contributed by atoms with Gasteiger partial charge in [0.1, 0.15) is 12.4 Å². The van der Waals surface area contributed by atoms with Gasteiger partial charge in [0.15, 0.2) is 0 Å². The van der Waals surface area contributed by atoms with Gasteiger partial charge in [-0.3, -0.25) is 0 Å². The van der Waals surface area contributed by atoms with Crippen molar-refractivity contribution in [1.29, 1.82) is 0 Å². The molecule has 0 fully saturated rings. The number of carbonyl (C=O) groups excluding carboxylic acids is 1. The monoisotopic (exact) mass is 401 g/mol. The molecule has 0 radical (unpaired) electrons. The van der Waals surface area contributed by atoms with Crippen molar-refractivity contribution in [2.24, 2.45) is 0 Å². The van der Waals surface area contributed by atoms with Gasteiger partial charge in [-0.1, -0.05) is 22.0 Å². The van der Waals surface area contributed by atoms with Crippen LogP contribution in [0.2, 0.25) is 0 Å². The highest BCUT2D eigenvalue weighted by atomic mass is 79.9. The van der Waals surface area contributed by atoms with Gasteiger partial charge in [0.2, 0.25) is 0 Å². The third kappa shape index (κ3) is 3.37. The van der Waals surface area contributed by atoms with Gasteiger partial charge in [-0.15, -0.1) is 0 Å². The summed E-state index contributed by atoms with van der Waals surface area (Å²) < 4.78 is 19.8. The van der Waals surface area contributed by atoms with E-state index in [1.807, 2.05) is 0 Å². The van der Waals surface area contributed by atoms with Crippen molar-refractivity contribution in [2.45, 2.75) is 6.61 Å². The molecule has 3 nitrogen and oxygen atoms in total. The van der Waals surface area contributed by atoms with Crippen LogP contribution in [0.1, 0.15) is 15.9 Å². The number of halogens is 3. The van der Waals surface area contributed by atoms with Crippen LogP contribution in [0.25, 0.3) is 0 Å². The highest BCUT2D eigenvalue weighted by Gasteiger charge is 2.14. The van der Waals surface area contributed by atoms with Crippen molar-refractivity contribution in [3.05, 3.63) is 62.3 Å². The Morgan fingerprint density at radius 1 is 1.25 bits per heavy atom. The average molecular weight is 403 g/mol. The molecule has 2 aromatic rings. The summed E-state index contributed by atoms with van der Waals surface area (Å²) in [5.41, 5.74) is 6.73. The predicted molar refractivity (Wildman–Crippen MR) is 81.8 cm³/mol. The summed E-state index contributed by atoms with van der Waals surface area (Å²) in [6, 6.07) is 9.35. The molecular weight excluding hydrogens is 393 g/mol. The van der Waals surface area contributed by atoms with Crippen molar-refractivity contribution in [2.75, 3.05) is 5.73 Å². The fourth-order valence-corrected chi connectivity index (χ4v) is 2.42. The van der Waals surface area contributed by atoms with Crippen LogP contribution in [0.5, 0.6) is 0 Å². The van der Waals surface area contributed by atoms with Gasteiger partial charge in [0, 0.05) is 15.7 Å². The fraction of sp³-hybridized carbons (Fsp3) is 0.0714. The van der Waals surface area contributed by atoms with Gasteiger partial charge >= 0.3 is 5.97 Å². The van der Waals surface area contributed by atoms with Gasteiger partial charge in [-0.25, -0.2) is 9.18 Å². The molecule has 20 heavy (non-hydrogen) atoms. The van der Waals surface area contributed by atoms with Crippen molar-refractivity contribution in [3.8, 4) is 0 Å². The molecule has 0 aliphatic carbocycles. The van der Waals surface area contributed by atoms with Crippen molar-refractivity contribution in [1.82, 2.24) is 0 Å². The second-order valence-electron chi connectivity index (χ2n) is 4.02. The molecule has 0 unspecified atom stereocenters. The molecule has 0 heterocycles. The van der Waals surface area contributed by atoms with E-state index in [1.165, 1.54) is 6.07 Å². The lowest BCUT2D eigenvalue weighted by atomic mass is 10.2. The Bertz CT molecular complexity index is 662. The van der Waals surface area contributed by atoms with Crippen LogP contribution in [0, 0.1) is 5.82 Å². The summed E-state index contributed by atoms with van der Waals surface area (Å²) in [7, 11) is 0. The van der Waals surface area contributed by atoms with E-state index in [2.05, 4.69) is 31.9 Å². The Labute approximate surface area is 132 Å². The molecular formula is C14H10Br2FNO2. The quantitative estimate of drug-likeness (QED) is 0.615. The van der Waals surface area contributed by atoms with Crippen molar-refractivity contribution < 1.29 is 13.9 Å². The van der Waals surface area contributed by atoms with Crippen LogP contribution >= 0.6 is 31.9 Å². The van der Waals surface area contributed by atoms with Crippen molar-refractivity contribution in [3.63, 3.8) is 0 Å². The zero-order valence-corrected chi connectivity index (χ0v) is 13.4. The van der Waals surface area contributed by atoms with Gasteiger partial charge in [0.25, 0.3) is 0 Å². The first-order valence-electron chi connectivity index (χ1n) is 5.64. The first-order chi connectivity index (χ1) is 9.49. The Kier molecular flexibility index (Phi) is 4.77. The molecule has 104 valence electrons. The standard InChI is InChI=1S/C14H10Br2FNO2/c15-9-4-5-11(17)8(6-9)7-20-14(19)10-2-1-3-12(18)13(10)16/h1-6H,7,18H2. The highest BCUT2D eigenvalue weighted by Crippen LogP contribution is 2.25. The van der Waals surface area contributed by atoms with Crippen LogP contribution in [0.15, 0.2) is 45.3 Å². The summed E-state index contributed by atoms with van der Waals surface area (Å²) in [4.78, 5) is 11.9. The van der Waals surface area contributed by atoms with Crippen LogP contribution in [0.3, 0.4) is 0 Å². The minimum Gasteiger partial charge on any atom is -0.457 e. The van der Waals surface area contributed by atoms with Crippen LogP contribution in [0.4, 0.5) is 10.1 Å². The third-order valence-corrected chi connectivity index (χ3v) is 3.99. The lowest BCUT2D eigenvalue weighted by Crippen LogP contribution is -2.08. The molecule has 0 aromatic heterocycles. The summed E-state index contributed by atoms with van der Waals surface area (Å²) in [5, 5.41) is 0. The largest absolute Gasteiger partial charge is 0.457 e. The average Bonchev–Trinajstić information content (AvgIpc) is 2.42. The maximum Gasteiger partial charge on any atom is 0.339 e. The van der Waals surface area contributed by atoms with E-state index in [-0.39, 0.29) is 6.61 Å². The number of hydrogen-bond acceptors (Lipinski definition) is 3. The van der Waals surface area contributed by atoms with E-state index in [0.29, 0.717) is 21.3 Å². The maximum atomic E-state index is 13.5. The van der Waals surface area contributed by atoms with Gasteiger partial charge in [-0.2, -0.15) is 0 Å². The minimum atomic E-state index is -0.566. The molecule has 0 saturated carbocycles. The van der Waals surface area contributed by atoms with E-state index < -0.39 is 11.8 Å². The Morgan fingerprint density at radius 2 is 2.00 bits per heavy atom. The van der Waals surface area contributed by atoms with E-state index in [4.69, 9.17) is 10.5 Å². The summed E-state index contributed by atoms with van der Waals surface area (Å²) >= 11 is 6.46. The fourth-order valence-electron chi connectivity index (χ4n) is 1.58. The van der Waals surface area contributed by atoms with E-state index >= 15 is 0 Å². The van der Waals surface area contributed by atoms with E-state index in [1.54, 1.807) is 30.3 Å². The van der Waals surface area contributed by atoms with E-state index in [9.17, 15) is 9.18 Å². The molecule has 0 bridgehead atoms. The van der Waals surface area contributed by atoms with Gasteiger partial charge in [-0.05, 0) is 46.3 Å². The van der Waals surface area contributed by atoms with Crippen LogP contribution in [-0.2, 0) is 11.3 Å². The SMILES string of the molecule is Nc1cccc(C(=O)OCc2cc(Br)ccc2F)c1Br. The molecule has 0 saturated heterocycles. The van der Waals surface area contributed by atoms with Crippen LogP contribution in [-0.4, -0.2) is 5.97 Å². The number of nitrogen functional groups attached to an aromatic ring is 1. The predicted octanol–water partition coefficient (Wildman–Crippen LogP) is 4.29. The Balaban J connectivity index is 2.13. The first kappa shape index (κ1) is 15.0.